The highest BCUT2D eigenvalue weighted by molar-refractivity contribution is 6.24. The molecule has 0 N–H and O–H groups in total. The fourth-order valence-corrected chi connectivity index (χ4v) is 14.8. The molecule has 2 aromatic heterocycles. The van der Waals surface area contributed by atoms with E-state index in [2.05, 4.69) is 334 Å². The summed E-state index contributed by atoms with van der Waals surface area (Å²) in [6.07, 6.45) is 0. The van der Waals surface area contributed by atoms with E-state index in [0.717, 1.165) is 55.0 Å². The Labute approximate surface area is 558 Å². The van der Waals surface area contributed by atoms with Gasteiger partial charge in [0.15, 0.2) is 0 Å². The van der Waals surface area contributed by atoms with Gasteiger partial charge in [-0.25, -0.2) is 0 Å². The molecular formula is C94H66O2. The van der Waals surface area contributed by atoms with Crippen LogP contribution in [0.4, 0.5) is 0 Å². The molecule has 2 heteroatoms. The van der Waals surface area contributed by atoms with Gasteiger partial charge in [0.1, 0.15) is 22.3 Å². The summed E-state index contributed by atoms with van der Waals surface area (Å²) in [6.45, 7) is 0. The van der Waals surface area contributed by atoms with Crippen molar-refractivity contribution in [3.8, 4) is 89.0 Å². The number of para-hydroxylation sites is 2. The molecular weight excluding hydrogens is 1160 g/mol. The van der Waals surface area contributed by atoms with Gasteiger partial charge < -0.3 is 8.83 Å². The van der Waals surface area contributed by atoms with Gasteiger partial charge in [-0.05, 0) is 179 Å². The molecule has 0 aliphatic rings. The third kappa shape index (κ3) is 10.1. The molecule has 0 unspecified atom stereocenters. The molecule has 19 aromatic rings. The van der Waals surface area contributed by atoms with Crippen molar-refractivity contribution in [2.75, 3.05) is 0 Å². The Morgan fingerprint density at radius 3 is 0.979 bits per heavy atom. The quantitative estimate of drug-likeness (QED) is 0.142. The van der Waals surface area contributed by atoms with Crippen LogP contribution in [0.1, 0.15) is 14.9 Å². The lowest BCUT2D eigenvalue weighted by atomic mass is 9.84. The Kier molecular flexibility index (Phi) is 15.0. The lowest BCUT2D eigenvalue weighted by Crippen LogP contribution is -1.92. The molecule has 0 amide bonds. The molecule has 0 spiro atoms. The molecule has 17 aromatic carbocycles. The number of hydrogen-bond acceptors (Lipinski definition) is 2. The predicted octanol–water partition coefficient (Wildman–Crippen LogP) is 27.5. The Balaban J connectivity index is 0.000000148. The Morgan fingerprint density at radius 1 is 0.156 bits per heavy atom. The van der Waals surface area contributed by atoms with Crippen LogP contribution in [-0.4, -0.2) is 0 Å². The van der Waals surface area contributed by atoms with E-state index in [4.69, 9.17) is 8.83 Å². The van der Waals surface area contributed by atoms with Gasteiger partial charge in [0.05, 0.1) is 0 Å². The van der Waals surface area contributed by atoms with Crippen molar-refractivity contribution in [1.82, 2.24) is 0 Å². The number of hydrogen-bond donors (Lipinski definition) is 0. The predicted molar refractivity (Wildman–Crippen MR) is 412 cm³/mol. The monoisotopic (exact) mass is 1230 g/mol. The summed E-state index contributed by atoms with van der Waals surface area (Å²) in [7, 11) is 0. The highest BCUT2D eigenvalue weighted by atomic mass is 16.3. The second-order valence-corrected chi connectivity index (χ2v) is 24.5. The van der Waals surface area contributed by atoms with Gasteiger partial charge in [0.2, 0.25) is 0 Å². The minimum atomic E-state index is 0. The Morgan fingerprint density at radius 2 is 0.469 bits per heavy atom. The van der Waals surface area contributed by atoms with E-state index in [0.29, 0.717) is 0 Å². The van der Waals surface area contributed by atoms with Gasteiger partial charge in [-0.1, -0.05) is 330 Å². The smallest absolute Gasteiger partial charge is 0.136 e. The zero-order chi connectivity index (χ0) is 62.1. The van der Waals surface area contributed by atoms with Crippen LogP contribution in [0, 0.1) is 0 Å². The summed E-state index contributed by atoms with van der Waals surface area (Å²) < 4.78 is 12.9. The summed E-state index contributed by atoms with van der Waals surface area (Å²) in [4.78, 5) is 0. The molecule has 0 aliphatic heterocycles. The first kappa shape index (κ1) is 58.7. The Bertz CT molecular complexity index is 5990. The van der Waals surface area contributed by atoms with Crippen molar-refractivity contribution in [2.45, 2.75) is 14.9 Å². The third-order valence-corrected chi connectivity index (χ3v) is 19.2. The van der Waals surface area contributed by atoms with E-state index in [1.165, 1.54) is 132 Å². The highest BCUT2D eigenvalue weighted by Gasteiger charge is 2.22. The molecule has 2 heterocycles. The van der Waals surface area contributed by atoms with E-state index in [9.17, 15) is 0 Å². The normalized spacial score (nSPS) is 11.4. The van der Waals surface area contributed by atoms with Crippen molar-refractivity contribution < 1.29 is 8.83 Å². The van der Waals surface area contributed by atoms with Gasteiger partial charge in [0, 0.05) is 21.5 Å². The van der Waals surface area contributed by atoms with Gasteiger partial charge in [-0.2, -0.15) is 0 Å². The summed E-state index contributed by atoms with van der Waals surface area (Å²) in [6, 6.07) is 127. The van der Waals surface area contributed by atoms with Crippen molar-refractivity contribution in [1.29, 1.82) is 0 Å². The van der Waals surface area contributed by atoms with Crippen LogP contribution in [0.3, 0.4) is 0 Å². The molecule has 0 saturated heterocycles. The fourth-order valence-electron chi connectivity index (χ4n) is 14.8. The first-order valence-corrected chi connectivity index (χ1v) is 32.3. The van der Waals surface area contributed by atoms with E-state index >= 15 is 0 Å². The number of furan rings is 2. The van der Waals surface area contributed by atoms with Crippen LogP contribution >= 0.6 is 0 Å². The van der Waals surface area contributed by atoms with Crippen molar-refractivity contribution in [3.63, 3.8) is 0 Å². The van der Waals surface area contributed by atoms with Gasteiger partial charge in [0.25, 0.3) is 0 Å². The van der Waals surface area contributed by atoms with E-state index < -0.39 is 0 Å². The van der Waals surface area contributed by atoms with Crippen LogP contribution in [0.5, 0.6) is 0 Å². The largest absolute Gasteiger partial charge is 0.456 e. The van der Waals surface area contributed by atoms with E-state index in [1.54, 1.807) is 0 Å². The molecule has 0 saturated carbocycles. The van der Waals surface area contributed by atoms with Crippen LogP contribution < -0.4 is 0 Å². The summed E-state index contributed by atoms with van der Waals surface area (Å²) in [5, 5.41) is 17.0. The number of benzene rings is 17. The maximum atomic E-state index is 6.57. The van der Waals surface area contributed by atoms with Crippen LogP contribution in [0.25, 0.3) is 187 Å². The SMILES string of the molecule is C.C.c1ccc(-c2cc(-c3c4ccccc4c(-c4ccc(-c5cccc6ccccc56)cc4)c4ccccc34)cc3oc4ccccc4c23)cc1.c1ccc(-c2ccc(-c3ccc(-c4c5ccccc5c(-c5ccc6c(c5)oc5ccccc56)c5ccccc45)cc3)cc2)cc1. The summed E-state index contributed by atoms with van der Waals surface area (Å²) in [5.41, 5.74) is 23.1. The Hall–Kier alpha value is -12.4. The lowest BCUT2D eigenvalue weighted by Gasteiger charge is -2.19. The van der Waals surface area contributed by atoms with Crippen LogP contribution in [0.2, 0.25) is 0 Å². The molecule has 0 fully saturated rings. The van der Waals surface area contributed by atoms with Gasteiger partial charge in [-0.15, -0.1) is 0 Å². The average Bonchev–Trinajstić information content (AvgIpc) is 1.76. The maximum absolute atomic E-state index is 6.57. The molecule has 0 aliphatic carbocycles. The van der Waals surface area contributed by atoms with Crippen LogP contribution in [0.15, 0.2) is 361 Å². The fraction of sp³-hybridized carbons (Fsp3) is 0.0213. The second-order valence-electron chi connectivity index (χ2n) is 24.5. The number of rotatable bonds is 8. The van der Waals surface area contributed by atoms with Crippen LogP contribution in [-0.2, 0) is 0 Å². The summed E-state index contributed by atoms with van der Waals surface area (Å²) in [5.74, 6) is 0. The third-order valence-electron chi connectivity index (χ3n) is 19.2. The zero-order valence-electron chi connectivity index (χ0n) is 51.3. The van der Waals surface area contributed by atoms with Crippen molar-refractivity contribution in [2.24, 2.45) is 0 Å². The first-order chi connectivity index (χ1) is 46.6. The molecule has 0 atom stereocenters. The average molecular weight is 1230 g/mol. The van der Waals surface area contributed by atoms with Gasteiger partial charge in [-0.3, -0.25) is 0 Å². The van der Waals surface area contributed by atoms with E-state index in [-0.39, 0.29) is 14.9 Å². The molecule has 96 heavy (non-hydrogen) atoms. The minimum Gasteiger partial charge on any atom is -0.456 e. The minimum absolute atomic E-state index is 0. The lowest BCUT2D eigenvalue weighted by molar-refractivity contribution is 0.668. The molecule has 0 bridgehead atoms. The molecule has 19 rings (SSSR count). The summed E-state index contributed by atoms with van der Waals surface area (Å²) >= 11 is 0. The topological polar surface area (TPSA) is 26.3 Å². The first-order valence-electron chi connectivity index (χ1n) is 32.3. The molecule has 454 valence electrons. The molecule has 2 nitrogen and oxygen atoms in total. The standard InChI is InChI=1S/C48H30O.C44H28O.2CH4/c1-2-13-32(14-3-1)43-29-35(30-45-48(43)42-22-10-11-24-44(42)49-45)47-40-20-8-6-18-38(40)46(39-19-7-9-21-41(39)47)34-27-25-33(26-28-34)37-23-12-16-31-15-4-5-17-36(31)37;1-2-10-29(11-3-1)30-18-20-31(21-19-30)32-22-24-33(25-23-32)43-37-13-4-6-15-39(37)44(40-16-7-5-14-38(40)43)34-26-27-36-35-12-8-9-17-41(35)45-42(36)28-34;;/h1-30H;1-28H;2*1H4. The molecule has 0 radical (unpaired) electrons. The highest BCUT2D eigenvalue weighted by Crippen LogP contribution is 2.49. The zero-order valence-corrected chi connectivity index (χ0v) is 51.3. The van der Waals surface area contributed by atoms with E-state index in [1.807, 2.05) is 18.2 Å². The van der Waals surface area contributed by atoms with Crippen molar-refractivity contribution >= 4 is 97.7 Å². The maximum Gasteiger partial charge on any atom is 0.136 e. The number of fused-ring (bicyclic) bond motifs is 11. The second kappa shape index (κ2) is 24.6. The van der Waals surface area contributed by atoms with Crippen molar-refractivity contribution in [3.05, 3.63) is 352 Å². The van der Waals surface area contributed by atoms with Gasteiger partial charge >= 0.3 is 0 Å².